The van der Waals surface area contributed by atoms with E-state index in [0.29, 0.717) is 0 Å². The molecule has 1 aromatic carbocycles. The number of hydrogen-bond acceptors (Lipinski definition) is 4. The largest absolute Gasteiger partial charge is 0.380 e. The molecule has 6 nitrogen and oxygen atoms in total. The molecule has 2 aromatic heterocycles. The summed E-state index contributed by atoms with van der Waals surface area (Å²) < 4.78 is 28.2. The number of alkyl halides is 2. The van der Waals surface area contributed by atoms with Crippen LogP contribution in [0.2, 0.25) is 0 Å². The normalized spacial score (nSPS) is 11.3. The summed E-state index contributed by atoms with van der Waals surface area (Å²) in [6.07, 6.45) is 1.54. The number of nitrogen functional groups attached to an aromatic ring is 1. The van der Waals surface area contributed by atoms with Crippen molar-refractivity contribution in [1.29, 1.82) is 0 Å². The van der Waals surface area contributed by atoms with E-state index in [1.54, 1.807) is 6.20 Å². The molecule has 0 saturated heterocycles. The van der Waals surface area contributed by atoms with Crippen LogP contribution in [0, 0.1) is 0 Å². The van der Waals surface area contributed by atoms with Gasteiger partial charge in [-0.1, -0.05) is 24.3 Å². The number of rotatable bonds is 4. The molecule has 128 valence electrons. The molecular weight excluding hydrogens is 328 g/mol. The summed E-state index contributed by atoms with van der Waals surface area (Å²) in [6.45, 7) is 0.721. The Morgan fingerprint density at radius 3 is 2.56 bits per heavy atom. The van der Waals surface area contributed by atoms with Gasteiger partial charge >= 0.3 is 0 Å². The molecule has 3 aromatic rings. The maximum Gasteiger partial charge on any atom is 0.287 e. The summed E-state index contributed by atoms with van der Waals surface area (Å²) in [6, 6.07) is 13.1. The molecule has 0 unspecified atom stereocenters. The van der Waals surface area contributed by atoms with Gasteiger partial charge in [-0.3, -0.25) is 4.79 Å². The van der Waals surface area contributed by atoms with Crippen molar-refractivity contribution in [1.82, 2.24) is 14.8 Å². The summed E-state index contributed by atoms with van der Waals surface area (Å²) in [4.78, 5) is 16.0. The Morgan fingerprint density at radius 2 is 1.88 bits per heavy atom. The first-order valence-electron chi connectivity index (χ1n) is 7.42. The van der Waals surface area contributed by atoms with Gasteiger partial charge in [-0.15, -0.1) is 5.10 Å². The minimum atomic E-state index is -3.13. The predicted octanol–water partition coefficient (Wildman–Crippen LogP) is 3.21. The number of carbonyl (C=O) groups excluding carboxylic acids is 1. The summed E-state index contributed by atoms with van der Waals surface area (Å²) in [7, 11) is 0. The molecule has 8 heteroatoms. The summed E-state index contributed by atoms with van der Waals surface area (Å²) in [5.74, 6) is -3.67. The van der Waals surface area contributed by atoms with E-state index in [0.717, 1.165) is 12.6 Å². The van der Waals surface area contributed by atoms with Gasteiger partial charge in [0.05, 0.1) is 11.9 Å². The maximum atomic E-state index is 13.4. The van der Waals surface area contributed by atoms with Crippen molar-refractivity contribution in [2.24, 2.45) is 0 Å². The first kappa shape index (κ1) is 16.6. The second kappa shape index (κ2) is 6.31. The number of hydrogen-bond donors (Lipinski definition) is 2. The van der Waals surface area contributed by atoms with Crippen molar-refractivity contribution in [3.05, 3.63) is 66.1 Å². The highest BCUT2D eigenvalue weighted by Crippen LogP contribution is 2.25. The number of carbonyl (C=O) groups is 1. The van der Waals surface area contributed by atoms with Gasteiger partial charge in [-0.2, -0.15) is 8.78 Å². The van der Waals surface area contributed by atoms with E-state index in [9.17, 15) is 13.6 Å². The van der Waals surface area contributed by atoms with Crippen LogP contribution in [0.3, 0.4) is 0 Å². The molecule has 3 N–H and O–H groups in total. The van der Waals surface area contributed by atoms with Crippen molar-refractivity contribution >= 4 is 17.4 Å². The Balaban J connectivity index is 1.84. The lowest BCUT2D eigenvalue weighted by molar-refractivity contribution is 0.0126. The van der Waals surface area contributed by atoms with Crippen LogP contribution in [0.5, 0.6) is 0 Å². The fourth-order valence-corrected chi connectivity index (χ4v) is 2.19. The number of pyridine rings is 1. The molecule has 0 bridgehead atoms. The van der Waals surface area contributed by atoms with E-state index in [4.69, 9.17) is 5.73 Å². The van der Waals surface area contributed by atoms with Crippen molar-refractivity contribution in [3.8, 4) is 5.69 Å². The third-order valence-corrected chi connectivity index (χ3v) is 3.44. The molecule has 0 saturated carbocycles. The SMILES string of the molecule is CC(F)(F)c1cccc(C(=O)Nc2cn(-c3ccccc3)nc2N)n1. The standard InChI is InChI=1S/C17H15F2N5O/c1-17(18,19)14-9-5-8-12(21-14)16(25)22-13-10-24(23-15(13)20)11-6-3-2-4-7-11/h2-10H,1H3,(H2,20,23)(H,22,25). The third-order valence-electron chi connectivity index (χ3n) is 3.44. The van der Waals surface area contributed by atoms with Crippen molar-refractivity contribution in [2.45, 2.75) is 12.8 Å². The number of amides is 1. The molecule has 1 amide bonds. The van der Waals surface area contributed by atoms with Crippen LogP contribution in [0.15, 0.2) is 54.7 Å². The minimum Gasteiger partial charge on any atom is -0.380 e. The van der Waals surface area contributed by atoms with Gasteiger partial charge in [0.1, 0.15) is 17.1 Å². The first-order chi connectivity index (χ1) is 11.8. The van der Waals surface area contributed by atoms with Gasteiger partial charge in [-0.05, 0) is 24.3 Å². The molecule has 3 rings (SSSR count). The monoisotopic (exact) mass is 343 g/mol. The summed E-state index contributed by atoms with van der Waals surface area (Å²) in [5.41, 5.74) is 6.24. The number of nitrogens with two attached hydrogens (primary N) is 1. The molecule has 0 aliphatic heterocycles. The van der Waals surface area contributed by atoms with Crippen LogP contribution in [-0.4, -0.2) is 20.7 Å². The Hall–Kier alpha value is -3.29. The molecular formula is C17H15F2N5O. The zero-order valence-electron chi connectivity index (χ0n) is 13.3. The lowest BCUT2D eigenvalue weighted by Crippen LogP contribution is -2.17. The molecule has 0 aliphatic carbocycles. The number of nitrogens with zero attached hydrogens (tertiary/aromatic N) is 3. The van der Waals surface area contributed by atoms with Crippen LogP contribution in [-0.2, 0) is 5.92 Å². The van der Waals surface area contributed by atoms with Crippen LogP contribution in [0.4, 0.5) is 20.3 Å². The number of para-hydroxylation sites is 1. The van der Waals surface area contributed by atoms with E-state index >= 15 is 0 Å². The highest BCUT2D eigenvalue weighted by atomic mass is 19.3. The lowest BCUT2D eigenvalue weighted by Gasteiger charge is -2.10. The number of aromatic nitrogens is 3. The molecule has 2 heterocycles. The van der Waals surface area contributed by atoms with Crippen LogP contribution in [0.1, 0.15) is 23.1 Å². The predicted molar refractivity (Wildman–Crippen MR) is 89.7 cm³/mol. The van der Waals surface area contributed by atoms with Crippen LogP contribution >= 0.6 is 0 Å². The van der Waals surface area contributed by atoms with Gasteiger partial charge in [-0.25, -0.2) is 9.67 Å². The second-order valence-electron chi connectivity index (χ2n) is 5.46. The second-order valence-corrected chi connectivity index (χ2v) is 5.46. The quantitative estimate of drug-likeness (QED) is 0.762. The number of anilines is 2. The Labute approximate surface area is 142 Å². The topological polar surface area (TPSA) is 85.8 Å². The molecule has 0 spiro atoms. The van der Waals surface area contributed by atoms with E-state index in [2.05, 4.69) is 15.4 Å². The fraction of sp³-hybridized carbons (Fsp3) is 0.118. The smallest absolute Gasteiger partial charge is 0.287 e. The molecule has 0 atom stereocenters. The summed E-state index contributed by atoms with van der Waals surface area (Å²) >= 11 is 0. The van der Waals surface area contributed by atoms with E-state index < -0.39 is 17.5 Å². The third kappa shape index (κ3) is 3.63. The Kier molecular flexibility index (Phi) is 4.18. The van der Waals surface area contributed by atoms with Crippen LogP contribution in [0.25, 0.3) is 5.69 Å². The highest BCUT2D eigenvalue weighted by Gasteiger charge is 2.27. The average molecular weight is 343 g/mol. The molecule has 0 radical (unpaired) electrons. The zero-order chi connectivity index (χ0) is 18.0. The van der Waals surface area contributed by atoms with Crippen molar-refractivity contribution in [3.63, 3.8) is 0 Å². The Bertz CT molecular complexity index is 903. The molecule has 0 fully saturated rings. The summed E-state index contributed by atoms with van der Waals surface area (Å²) in [5, 5.41) is 6.66. The van der Waals surface area contributed by atoms with Crippen molar-refractivity contribution in [2.75, 3.05) is 11.1 Å². The van der Waals surface area contributed by atoms with Gasteiger partial charge in [0.15, 0.2) is 5.82 Å². The average Bonchev–Trinajstić information content (AvgIpc) is 2.96. The van der Waals surface area contributed by atoms with Gasteiger partial charge < -0.3 is 11.1 Å². The van der Waals surface area contributed by atoms with Crippen molar-refractivity contribution < 1.29 is 13.6 Å². The number of halogens is 2. The van der Waals surface area contributed by atoms with Crippen LogP contribution < -0.4 is 11.1 Å². The molecule has 0 aliphatic rings. The van der Waals surface area contributed by atoms with Gasteiger partial charge in [0.2, 0.25) is 0 Å². The maximum absolute atomic E-state index is 13.4. The van der Waals surface area contributed by atoms with E-state index in [-0.39, 0.29) is 17.2 Å². The van der Waals surface area contributed by atoms with E-state index in [1.165, 1.54) is 22.9 Å². The number of benzene rings is 1. The molecule has 25 heavy (non-hydrogen) atoms. The Morgan fingerprint density at radius 1 is 1.16 bits per heavy atom. The first-order valence-corrected chi connectivity index (χ1v) is 7.42. The minimum absolute atomic E-state index is 0.106. The van der Waals surface area contributed by atoms with Gasteiger partial charge in [0.25, 0.3) is 11.8 Å². The zero-order valence-corrected chi connectivity index (χ0v) is 13.3. The number of nitrogens with one attached hydrogen (secondary N) is 1. The van der Waals surface area contributed by atoms with E-state index in [1.807, 2.05) is 30.3 Å². The lowest BCUT2D eigenvalue weighted by atomic mass is 10.2. The van der Waals surface area contributed by atoms with Gasteiger partial charge in [0, 0.05) is 6.92 Å². The fourth-order valence-electron chi connectivity index (χ4n) is 2.19. The highest BCUT2D eigenvalue weighted by molar-refractivity contribution is 6.04.